The molecule has 1 heterocycles. The monoisotopic (exact) mass is 194 g/mol. The molecule has 0 saturated carbocycles. The number of aliphatic hydroxyl groups is 2. The number of rotatable bonds is 1. The van der Waals surface area contributed by atoms with Crippen LogP contribution in [0.3, 0.4) is 0 Å². The molecule has 0 aliphatic carbocycles. The van der Waals surface area contributed by atoms with E-state index in [1.54, 1.807) is 0 Å². The topological polar surface area (TPSA) is 69.7 Å². The van der Waals surface area contributed by atoms with Gasteiger partial charge in [0.1, 0.15) is 0 Å². The van der Waals surface area contributed by atoms with Crippen LogP contribution in [0.5, 0.6) is 0 Å². The molecule has 2 rings (SSSR count). The molecule has 1 aliphatic heterocycles. The third kappa shape index (κ3) is 1.54. The van der Waals surface area contributed by atoms with Gasteiger partial charge in [0, 0.05) is 13.1 Å². The molecule has 1 aromatic rings. The highest BCUT2D eigenvalue weighted by atomic mass is 16.3. The maximum Gasteiger partial charge on any atom is 0.0990 e. The van der Waals surface area contributed by atoms with Crippen molar-refractivity contribution in [2.75, 3.05) is 23.7 Å². The van der Waals surface area contributed by atoms with Crippen LogP contribution in [0.2, 0.25) is 0 Å². The summed E-state index contributed by atoms with van der Waals surface area (Å²) < 4.78 is 0. The summed E-state index contributed by atoms with van der Waals surface area (Å²) in [5.74, 6) is 0. The van der Waals surface area contributed by atoms with E-state index in [4.69, 9.17) is 5.73 Å². The highest BCUT2D eigenvalue weighted by Gasteiger charge is 2.30. The summed E-state index contributed by atoms with van der Waals surface area (Å²) in [5, 5.41) is 18.8. The molecule has 4 N–H and O–H groups in total. The zero-order chi connectivity index (χ0) is 10.1. The maximum absolute atomic E-state index is 9.39. The van der Waals surface area contributed by atoms with Crippen molar-refractivity contribution in [3.63, 3.8) is 0 Å². The van der Waals surface area contributed by atoms with Crippen molar-refractivity contribution in [1.29, 1.82) is 0 Å². The van der Waals surface area contributed by atoms with E-state index >= 15 is 0 Å². The Hall–Kier alpha value is -1.26. The number of anilines is 2. The lowest BCUT2D eigenvalue weighted by Crippen LogP contribution is -2.22. The average molecular weight is 194 g/mol. The second-order valence-electron chi connectivity index (χ2n) is 3.60. The van der Waals surface area contributed by atoms with E-state index in [1.165, 1.54) is 0 Å². The molecule has 1 fully saturated rings. The average Bonchev–Trinajstić information content (AvgIpc) is 2.48. The lowest BCUT2D eigenvalue weighted by atomic mass is 10.2. The van der Waals surface area contributed by atoms with E-state index in [2.05, 4.69) is 0 Å². The largest absolute Gasteiger partial charge is 0.397 e. The molecule has 0 radical (unpaired) electrons. The van der Waals surface area contributed by atoms with Crippen LogP contribution in [-0.4, -0.2) is 35.5 Å². The Morgan fingerprint density at radius 1 is 1.14 bits per heavy atom. The van der Waals surface area contributed by atoms with Crippen LogP contribution in [0, 0.1) is 0 Å². The van der Waals surface area contributed by atoms with E-state index in [1.807, 2.05) is 29.2 Å². The van der Waals surface area contributed by atoms with Crippen LogP contribution in [-0.2, 0) is 0 Å². The molecular formula is C10H14N2O2. The zero-order valence-corrected chi connectivity index (χ0v) is 7.80. The van der Waals surface area contributed by atoms with Crippen molar-refractivity contribution in [1.82, 2.24) is 0 Å². The van der Waals surface area contributed by atoms with E-state index < -0.39 is 12.2 Å². The van der Waals surface area contributed by atoms with Crippen LogP contribution in [0.25, 0.3) is 0 Å². The minimum atomic E-state index is -0.672. The molecule has 1 aromatic carbocycles. The predicted octanol–water partition coefficient (Wildman–Crippen LogP) is -0.189. The van der Waals surface area contributed by atoms with Gasteiger partial charge in [-0.05, 0) is 12.1 Å². The van der Waals surface area contributed by atoms with Crippen molar-refractivity contribution >= 4 is 11.4 Å². The smallest absolute Gasteiger partial charge is 0.0990 e. The van der Waals surface area contributed by atoms with E-state index in [0.29, 0.717) is 18.8 Å². The first kappa shape index (κ1) is 9.30. The molecule has 0 spiro atoms. The highest BCUT2D eigenvalue weighted by molar-refractivity contribution is 5.67. The summed E-state index contributed by atoms with van der Waals surface area (Å²) in [6.45, 7) is 0.880. The fourth-order valence-electron chi connectivity index (χ4n) is 1.74. The van der Waals surface area contributed by atoms with Gasteiger partial charge in [0.2, 0.25) is 0 Å². The highest BCUT2D eigenvalue weighted by Crippen LogP contribution is 2.26. The molecule has 4 heteroatoms. The molecule has 2 atom stereocenters. The molecule has 14 heavy (non-hydrogen) atoms. The van der Waals surface area contributed by atoms with Gasteiger partial charge in [0.05, 0.1) is 23.6 Å². The Balaban J connectivity index is 2.21. The van der Waals surface area contributed by atoms with Gasteiger partial charge in [-0.1, -0.05) is 12.1 Å². The van der Waals surface area contributed by atoms with Crippen LogP contribution in [0.1, 0.15) is 0 Å². The first-order chi connectivity index (χ1) is 6.68. The minimum Gasteiger partial charge on any atom is -0.397 e. The molecule has 0 unspecified atom stereocenters. The van der Waals surface area contributed by atoms with Crippen LogP contribution in [0.4, 0.5) is 11.4 Å². The van der Waals surface area contributed by atoms with Crippen molar-refractivity contribution in [3.05, 3.63) is 24.3 Å². The summed E-state index contributed by atoms with van der Waals surface area (Å²) in [6, 6.07) is 7.46. The van der Waals surface area contributed by atoms with Gasteiger partial charge >= 0.3 is 0 Å². The first-order valence-corrected chi connectivity index (χ1v) is 4.64. The molecule has 0 amide bonds. The summed E-state index contributed by atoms with van der Waals surface area (Å²) in [6.07, 6.45) is -1.34. The summed E-state index contributed by atoms with van der Waals surface area (Å²) in [7, 11) is 0. The molecule has 4 nitrogen and oxygen atoms in total. The normalized spacial score (nSPS) is 26.9. The summed E-state index contributed by atoms with van der Waals surface area (Å²) >= 11 is 0. The summed E-state index contributed by atoms with van der Waals surface area (Å²) in [4.78, 5) is 1.89. The second kappa shape index (κ2) is 3.48. The van der Waals surface area contributed by atoms with Crippen LogP contribution in [0.15, 0.2) is 24.3 Å². The number of nitrogens with two attached hydrogens (primary N) is 1. The predicted molar refractivity (Wildman–Crippen MR) is 55.1 cm³/mol. The molecule has 0 bridgehead atoms. The number of β-amino-alcohol motifs (C(OH)–C–C–N with tert-alkyl or cyclic N) is 2. The van der Waals surface area contributed by atoms with Gasteiger partial charge in [0.25, 0.3) is 0 Å². The number of benzene rings is 1. The quantitative estimate of drug-likeness (QED) is 0.542. The van der Waals surface area contributed by atoms with Crippen LogP contribution < -0.4 is 10.6 Å². The summed E-state index contributed by atoms with van der Waals surface area (Å²) in [5.41, 5.74) is 7.34. The zero-order valence-electron chi connectivity index (χ0n) is 7.80. The molecule has 1 saturated heterocycles. The first-order valence-electron chi connectivity index (χ1n) is 4.64. The molecule has 0 aromatic heterocycles. The lowest BCUT2D eigenvalue weighted by Gasteiger charge is -2.19. The molecular weight excluding hydrogens is 180 g/mol. The minimum absolute atomic E-state index is 0.440. The standard InChI is InChI=1S/C10H14N2O2/c11-7-3-1-2-4-8(7)12-5-9(13)10(14)6-12/h1-4,9-10,13-14H,5-6,11H2/t9-,10-/m1/s1. The Kier molecular flexibility index (Phi) is 2.31. The fourth-order valence-corrected chi connectivity index (χ4v) is 1.74. The van der Waals surface area contributed by atoms with Gasteiger partial charge in [-0.3, -0.25) is 0 Å². The maximum atomic E-state index is 9.39. The Bertz CT molecular complexity index is 320. The van der Waals surface area contributed by atoms with Crippen molar-refractivity contribution in [3.8, 4) is 0 Å². The number of hydrogen-bond donors (Lipinski definition) is 3. The number of nitrogen functional groups attached to an aromatic ring is 1. The number of aliphatic hydroxyl groups excluding tert-OH is 2. The van der Waals surface area contributed by atoms with Gasteiger partial charge in [0.15, 0.2) is 0 Å². The second-order valence-corrected chi connectivity index (χ2v) is 3.60. The van der Waals surface area contributed by atoms with Crippen molar-refractivity contribution in [2.24, 2.45) is 0 Å². The Labute approximate surface area is 82.6 Å². The SMILES string of the molecule is Nc1ccccc1N1C[C@@H](O)[C@H](O)C1. The van der Waals surface area contributed by atoms with Gasteiger partial charge in [-0.15, -0.1) is 0 Å². The lowest BCUT2D eigenvalue weighted by molar-refractivity contribution is 0.0572. The van der Waals surface area contributed by atoms with Gasteiger partial charge < -0.3 is 20.8 Å². The molecule has 1 aliphatic rings. The number of para-hydroxylation sites is 2. The number of nitrogens with zero attached hydrogens (tertiary/aromatic N) is 1. The third-order valence-corrected chi connectivity index (χ3v) is 2.54. The Morgan fingerprint density at radius 2 is 1.71 bits per heavy atom. The fraction of sp³-hybridized carbons (Fsp3) is 0.400. The number of hydrogen-bond acceptors (Lipinski definition) is 4. The van der Waals surface area contributed by atoms with Crippen molar-refractivity contribution < 1.29 is 10.2 Å². The van der Waals surface area contributed by atoms with E-state index in [0.717, 1.165) is 5.69 Å². The Morgan fingerprint density at radius 3 is 2.29 bits per heavy atom. The molecule has 76 valence electrons. The van der Waals surface area contributed by atoms with Crippen molar-refractivity contribution in [2.45, 2.75) is 12.2 Å². The van der Waals surface area contributed by atoms with Gasteiger partial charge in [-0.2, -0.15) is 0 Å². The van der Waals surface area contributed by atoms with E-state index in [9.17, 15) is 10.2 Å². The van der Waals surface area contributed by atoms with Crippen LogP contribution >= 0.6 is 0 Å². The van der Waals surface area contributed by atoms with Gasteiger partial charge in [-0.25, -0.2) is 0 Å². The third-order valence-electron chi connectivity index (χ3n) is 2.54. The van der Waals surface area contributed by atoms with E-state index in [-0.39, 0.29) is 0 Å².